The number of carbonyl (C=O) groups excluding carboxylic acids is 2. The molecule has 7 heteroatoms. The molecule has 1 atom stereocenters. The highest BCUT2D eigenvalue weighted by atomic mass is 16.5. The highest BCUT2D eigenvalue weighted by Gasteiger charge is 2.50. The molecule has 1 aromatic heterocycles. The number of likely N-dealkylation sites (N-methyl/N-ethyl adjacent to an activating group) is 1. The molecular formula is C22H22N4O3. The molecule has 0 aliphatic carbocycles. The molecule has 0 fully saturated rings. The van der Waals surface area contributed by atoms with Gasteiger partial charge < -0.3 is 14.7 Å². The standard InChI is InChI=1S/C22H22N4O3/c1-15-24-19(25-29-15)14-23-20(27)13-22(12-16-8-4-3-5-9-16)17-10-6-7-11-18(17)26(2)21(22)28/h3-11H,12-14H2,1-2H3,(H,23,27)/t22-/m0/s1. The zero-order valence-corrected chi connectivity index (χ0v) is 16.4. The van der Waals surface area contributed by atoms with Gasteiger partial charge in [0, 0.05) is 26.1 Å². The van der Waals surface area contributed by atoms with Crippen LogP contribution in [-0.4, -0.2) is 29.0 Å². The largest absolute Gasteiger partial charge is 0.349 e. The second kappa shape index (κ2) is 7.50. The van der Waals surface area contributed by atoms with Crippen LogP contribution in [0.15, 0.2) is 59.1 Å². The zero-order valence-electron chi connectivity index (χ0n) is 16.4. The Morgan fingerprint density at radius 1 is 1.14 bits per heavy atom. The fraction of sp³-hybridized carbons (Fsp3) is 0.273. The summed E-state index contributed by atoms with van der Waals surface area (Å²) in [5.74, 6) is 0.537. The third kappa shape index (κ3) is 3.51. The number of fused-ring (bicyclic) bond motifs is 1. The Hall–Kier alpha value is -3.48. The number of benzene rings is 2. The van der Waals surface area contributed by atoms with Crippen molar-refractivity contribution >= 4 is 17.5 Å². The highest BCUT2D eigenvalue weighted by Crippen LogP contribution is 2.45. The Labute approximate surface area is 168 Å². The van der Waals surface area contributed by atoms with Gasteiger partial charge in [-0.25, -0.2) is 0 Å². The lowest BCUT2D eigenvalue weighted by Crippen LogP contribution is -2.44. The summed E-state index contributed by atoms with van der Waals surface area (Å²) in [6, 6.07) is 17.5. The summed E-state index contributed by atoms with van der Waals surface area (Å²) in [6.45, 7) is 1.85. The minimum atomic E-state index is -0.954. The number of anilines is 1. The summed E-state index contributed by atoms with van der Waals surface area (Å²) in [7, 11) is 1.76. The molecule has 148 valence electrons. The van der Waals surface area contributed by atoms with Crippen molar-refractivity contribution in [3.8, 4) is 0 Å². The molecule has 0 saturated heterocycles. The van der Waals surface area contributed by atoms with E-state index in [9.17, 15) is 9.59 Å². The predicted octanol–water partition coefficient (Wildman–Crippen LogP) is 2.54. The number of para-hydroxylation sites is 1. The van der Waals surface area contributed by atoms with E-state index in [1.807, 2.05) is 54.6 Å². The van der Waals surface area contributed by atoms with Crippen molar-refractivity contribution in [2.45, 2.75) is 31.7 Å². The van der Waals surface area contributed by atoms with Crippen LogP contribution in [-0.2, 0) is 28.0 Å². The Balaban J connectivity index is 1.64. The molecule has 1 aliphatic rings. The Morgan fingerprint density at radius 3 is 2.59 bits per heavy atom. The number of aromatic nitrogens is 2. The number of hydrogen-bond donors (Lipinski definition) is 1. The number of nitrogens with one attached hydrogen (secondary N) is 1. The molecule has 0 spiro atoms. The fourth-order valence-electron chi connectivity index (χ4n) is 3.99. The zero-order chi connectivity index (χ0) is 20.4. The molecule has 2 amide bonds. The summed E-state index contributed by atoms with van der Waals surface area (Å²) in [4.78, 5) is 32.0. The van der Waals surface area contributed by atoms with Gasteiger partial charge in [-0.1, -0.05) is 53.7 Å². The number of nitrogens with zero attached hydrogens (tertiary/aromatic N) is 3. The molecule has 0 saturated carbocycles. The number of carbonyl (C=O) groups is 2. The van der Waals surface area contributed by atoms with Crippen molar-refractivity contribution in [3.63, 3.8) is 0 Å². The van der Waals surface area contributed by atoms with Gasteiger partial charge in [0.2, 0.25) is 17.7 Å². The van der Waals surface area contributed by atoms with Gasteiger partial charge in [0.25, 0.3) is 0 Å². The maximum absolute atomic E-state index is 13.4. The third-order valence-electron chi connectivity index (χ3n) is 5.32. The van der Waals surface area contributed by atoms with E-state index in [4.69, 9.17) is 4.52 Å². The Bertz CT molecular complexity index is 1050. The van der Waals surface area contributed by atoms with Crippen molar-refractivity contribution in [1.82, 2.24) is 15.5 Å². The smallest absolute Gasteiger partial charge is 0.238 e. The maximum atomic E-state index is 13.4. The van der Waals surface area contributed by atoms with E-state index >= 15 is 0 Å². The van der Waals surface area contributed by atoms with Crippen LogP contribution in [0.25, 0.3) is 0 Å². The van der Waals surface area contributed by atoms with Gasteiger partial charge in [-0.05, 0) is 23.6 Å². The Morgan fingerprint density at radius 2 is 1.86 bits per heavy atom. The van der Waals surface area contributed by atoms with Crippen LogP contribution < -0.4 is 10.2 Å². The molecule has 0 radical (unpaired) electrons. The molecule has 3 aromatic rings. The summed E-state index contributed by atoms with van der Waals surface area (Å²) in [5, 5.41) is 6.61. The lowest BCUT2D eigenvalue weighted by Gasteiger charge is -2.28. The highest BCUT2D eigenvalue weighted by molar-refractivity contribution is 6.09. The number of aryl methyl sites for hydroxylation is 1. The molecule has 4 rings (SSSR count). The van der Waals surface area contributed by atoms with Crippen LogP contribution in [0, 0.1) is 6.92 Å². The fourth-order valence-corrected chi connectivity index (χ4v) is 3.99. The Kier molecular flexibility index (Phi) is 4.88. The SMILES string of the molecule is Cc1nc(CNC(=O)C[C@]2(Cc3ccccc3)C(=O)N(C)c3ccccc32)no1. The monoisotopic (exact) mass is 390 g/mol. The number of rotatable bonds is 6. The van der Waals surface area contributed by atoms with E-state index in [2.05, 4.69) is 15.5 Å². The molecule has 2 heterocycles. The molecule has 1 aliphatic heterocycles. The third-order valence-corrected chi connectivity index (χ3v) is 5.32. The van der Waals surface area contributed by atoms with Gasteiger partial charge in [0.15, 0.2) is 5.82 Å². The second-order valence-corrected chi connectivity index (χ2v) is 7.31. The van der Waals surface area contributed by atoms with Crippen LogP contribution >= 0.6 is 0 Å². The molecule has 1 N–H and O–H groups in total. The van der Waals surface area contributed by atoms with Crippen LogP contribution in [0.5, 0.6) is 0 Å². The van der Waals surface area contributed by atoms with Crippen molar-refractivity contribution in [2.24, 2.45) is 0 Å². The summed E-state index contributed by atoms with van der Waals surface area (Å²) in [5.41, 5.74) is 1.77. The predicted molar refractivity (Wildman–Crippen MR) is 107 cm³/mol. The van der Waals surface area contributed by atoms with E-state index in [1.165, 1.54) is 0 Å². The first-order valence-corrected chi connectivity index (χ1v) is 9.47. The summed E-state index contributed by atoms with van der Waals surface area (Å²) < 4.78 is 4.93. The van der Waals surface area contributed by atoms with Gasteiger partial charge in [-0.3, -0.25) is 9.59 Å². The van der Waals surface area contributed by atoms with Crippen LogP contribution in [0.1, 0.15) is 29.3 Å². The lowest BCUT2D eigenvalue weighted by molar-refractivity contribution is -0.129. The van der Waals surface area contributed by atoms with Crippen LogP contribution in [0.2, 0.25) is 0 Å². The van der Waals surface area contributed by atoms with Crippen molar-refractivity contribution in [2.75, 3.05) is 11.9 Å². The minimum absolute atomic E-state index is 0.0406. The van der Waals surface area contributed by atoms with E-state index < -0.39 is 5.41 Å². The van der Waals surface area contributed by atoms with E-state index in [1.54, 1.807) is 18.9 Å². The maximum Gasteiger partial charge on any atom is 0.238 e. The molecule has 7 nitrogen and oxygen atoms in total. The van der Waals surface area contributed by atoms with E-state index in [0.29, 0.717) is 18.1 Å². The number of amides is 2. The molecule has 0 bridgehead atoms. The molecule has 0 unspecified atom stereocenters. The first kappa shape index (κ1) is 18.9. The quantitative estimate of drug-likeness (QED) is 0.699. The van der Waals surface area contributed by atoms with Crippen molar-refractivity contribution in [1.29, 1.82) is 0 Å². The normalized spacial score (nSPS) is 18.0. The molecular weight excluding hydrogens is 368 g/mol. The lowest BCUT2D eigenvalue weighted by atomic mass is 9.73. The van der Waals surface area contributed by atoms with Gasteiger partial charge in [-0.15, -0.1) is 0 Å². The minimum Gasteiger partial charge on any atom is -0.349 e. The average Bonchev–Trinajstić information content (AvgIpc) is 3.23. The number of hydrogen-bond acceptors (Lipinski definition) is 5. The van der Waals surface area contributed by atoms with E-state index in [-0.39, 0.29) is 24.8 Å². The summed E-state index contributed by atoms with van der Waals surface area (Å²) in [6.07, 6.45) is 0.488. The molecule has 2 aromatic carbocycles. The summed E-state index contributed by atoms with van der Waals surface area (Å²) >= 11 is 0. The van der Waals surface area contributed by atoms with E-state index in [0.717, 1.165) is 16.8 Å². The van der Waals surface area contributed by atoms with Crippen molar-refractivity contribution < 1.29 is 14.1 Å². The first-order chi connectivity index (χ1) is 14.0. The van der Waals surface area contributed by atoms with Crippen LogP contribution in [0.4, 0.5) is 5.69 Å². The van der Waals surface area contributed by atoms with Gasteiger partial charge in [0.1, 0.15) is 0 Å². The average molecular weight is 390 g/mol. The van der Waals surface area contributed by atoms with Crippen molar-refractivity contribution in [3.05, 3.63) is 77.4 Å². The van der Waals surface area contributed by atoms with Gasteiger partial charge in [0.05, 0.1) is 12.0 Å². The second-order valence-electron chi connectivity index (χ2n) is 7.31. The van der Waals surface area contributed by atoms with Gasteiger partial charge >= 0.3 is 0 Å². The van der Waals surface area contributed by atoms with Crippen LogP contribution in [0.3, 0.4) is 0 Å². The van der Waals surface area contributed by atoms with Gasteiger partial charge in [-0.2, -0.15) is 4.98 Å². The molecule has 29 heavy (non-hydrogen) atoms. The topological polar surface area (TPSA) is 88.3 Å². The first-order valence-electron chi connectivity index (χ1n) is 9.47.